The molecular weight excluding hydrogens is 424 g/mol. The summed E-state index contributed by atoms with van der Waals surface area (Å²) in [7, 11) is 2.29. The molecule has 0 fully saturated rings. The van der Waals surface area contributed by atoms with Gasteiger partial charge in [-0.2, -0.15) is 0 Å². The van der Waals surface area contributed by atoms with Gasteiger partial charge in [0.25, 0.3) is 0 Å². The van der Waals surface area contributed by atoms with Gasteiger partial charge in [-0.15, -0.1) is 0 Å². The number of hydrogen-bond acceptors (Lipinski definition) is 6. The van der Waals surface area contributed by atoms with E-state index in [9.17, 15) is 0 Å². The molecule has 7 heteroatoms. The molecule has 0 saturated heterocycles. The van der Waals surface area contributed by atoms with Crippen molar-refractivity contribution in [3.05, 3.63) is 0 Å². The maximum absolute atomic E-state index is 6.14. The fourth-order valence-corrected chi connectivity index (χ4v) is 6.27. The first-order valence-electron chi connectivity index (χ1n) is 13.1. The molecule has 0 spiro atoms. The highest BCUT2D eigenvalue weighted by molar-refractivity contribution is 6.60. The molecule has 0 amide bonds. The lowest BCUT2D eigenvalue weighted by Gasteiger charge is -2.29. The number of unbranched alkanes of at least 4 members (excludes halogenated alkanes) is 13. The molecule has 0 aliphatic carbocycles. The van der Waals surface area contributed by atoms with Gasteiger partial charge in [0.2, 0.25) is 0 Å². The molecule has 0 unspecified atom stereocenters. The Morgan fingerprint density at radius 1 is 0.406 bits per heavy atom. The van der Waals surface area contributed by atoms with Crippen LogP contribution in [0.3, 0.4) is 0 Å². The monoisotopic (exact) mass is 478 g/mol. The van der Waals surface area contributed by atoms with Gasteiger partial charge in [-0.05, 0) is 6.42 Å². The third-order valence-corrected chi connectivity index (χ3v) is 8.56. The summed E-state index contributed by atoms with van der Waals surface area (Å²) in [6.45, 7) is 5.35. The number of ether oxygens (including phenoxy) is 3. The summed E-state index contributed by atoms with van der Waals surface area (Å²) in [5.41, 5.74) is 0. The number of methoxy groups -OCH3 is 3. The molecule has 0 aromatic rings. The van der Waals surface area contributed by atoms with Gasteiger partial charge in [0, 0.05) is 27.4 Å². The summed E-state index contributed by atoms with van der Waals surface area (Å²) < 4.78 is 33.9. The van der Waals surface area contributed by atoms with Gasteiger partial charge >= 0.3 is 8.80 Å². The lowest BCUT2D eigenvalue weighted by atomic mass is 10.0. The molecule has 0 rings (SSSR count). The zero-order valence-electron chi connectivity index (χ0n) is 21.8. The summed E-state index contributed by atoms with van der Waals surface area (Å²) in [6.07, 6.45) is 18.9. The SMILES string of the molecule is CCCCCCCCCCCCCCCC[Si](OCCOC)(OCCOC)OCCOC. The van der Waals surface area contributed by atoms with E-state index in [1.807, 2.05) is 0 Å². The quantitative estimate of drug-likeness (QED) is 0.101. The highest BCUT2D eigenvalue weighted by Gasteiger charge is 2.40. The second-order valence-corrected chi connectivity index (χ2v) is 11.3. The Hall–Kier alpha value is -0.0231. The Balaban J connectivity index is 4.03. The molecule has 0 aliphatic heterocycles. The van der Waals surface area contributed by atoms with Crippen LogP contribution >= 0.6 is 0 Å². The molecule has 194 valence electrons. The summed E-state index contributed by atoms with van der Waals surface area (Å²) in [6, 6.07) is 0.835. The van der Waals surface area contributed by atoms with E-state index in [0.717, 1.165) is 12.5 Å². The van der Waals surface area contributed by atoms with Gasteiger partial charge in [-0.1, -0.05) is 90.4 Å². The molecule has 0 atom stereocenters. The second kappa shape index (κ2) is 25.6. The smallest absolute Gasteiger partial charge is 0.382 e. The molecule has 0 N–H and O–H groups in total. The molecule has 0 aliphatic rings. The Morgan fingerprint density at radius 2 is 0.719 bits per heavy atom. The average molecular weight is 479 g/mol. The third kappa shape index (κ3) is 20.6. The number of rotatable bonds is 27. The molecule has 0 bridgehead atoms. The summed E-state index contributed by atoms with van der Waals surface area (Å²) in [5.74, 6) is 0. The van der Waals surface area contributed by atoms with Crippen LogP contribution in [-0.4, -0.2) is 69.8 Å². The largest absolute Gasteiger partial charge is 0.501 e. The average Bonchev–Trinajstić information content (AvgIpc) is 2.80. The molecular formula is C25H54O6Si. The van der Waals surface area contributed by atoms with Crippen molar-refractivity contribution in [2.24, 2.45) is 0 Å². The van der Waals surface area contributed by atoms with E-state index in [4.69, 9.17) is 27.5 Å². The predicted molar refractivity (Wildman–Crippen MR) is 134 cm³/mol. The molecule has 0 radical (unpaired) electrons. The minimum Gasteiger partial charge on any atom is -0.382 e. The Kier molecular flexibility index (Phi) is 25.6. The van der Waals surface area contributed by atoms with E-state index in [1.54, 1.807) is 21.3 Å². The van der Waals surface area contributed by atoms with Crippen molar-refractivity contribution in [1.82, 2.24) is 0 Å². The lowest BCUT2D eigenvalue weighted by Crippen LogP contribution is -2.48. The van der Waals surface area contributed by atoms with Crippen molar-refractivity contribution >= 4 is 8.80 Å². The first-order valence-corrected chi connectivity index (χ1v) is 15.1. The van der Waals surface area contributed by atoms with Gasteiger partial charge in [-0.3, -0.25) is 0 Å². The van der Waals surface area contributed by atoms with Gasteiger partial charge in [0.1, 0.15) is 0 Å². The van der Waals surface area contributed by atoms with Crippen molar-refractivity contribution < 1.29 is 27.5 Å². The zero-order valence-corrected chi connectivity index (χ0v) is 22.8. The van der Waals surface area contributed by atoms with Gasteiger partial charge in [0.05, 0.1) is 39.6 Å². The first kappa shape index (κ1) is 32.0. The fourth-order valence-electron chi connectivity index (χ4n) is 3.72. The maximum Gasteiger partial charge on any atom is 0.501 e. The minimum atomic E-state index is -2.75. The molecule has 6 nitrogen and oxygen atoms in total. The van der Waals surface area contributed by atoms with Crippen LogP contribution in [-0.2, 0) is 27.5 Å². The van der Waals surface area contributed by atoms with E-state index in [0.29, 0.717) is 39.6 Å². The van der Waals surface area contributed by atoms with Crippen LogP contribution in [0.2, 0.25) is 6.04 Å². The van der Waals surface area contributed by atoms with E-state index in [2.05, 4.69) is 6.92 Å². The van der Waals surface area contributed by atoms with Gasteiger partial charge in [0.15, 0.2) is 0 Å². The Morgan fingerprint density at radius 3 is 1.03 bits per heavy atom. The van der Waals surface area contributed by atoms with E-state index < -0.39 is 8.80 Å². The molecule has 0 aromatic heterocycles. The van der Waals surface area contributed by atoms with Crippen molar-refractivity contribution in [1.29, 1.82) is 0 Å². The van der Waals surface area contributed by atoms with Gasteiger partial charge < -0.3 is 27.5 Å². The molecule has 0 saturated carbocycles. The van der Waals surface area contributed by atoms with Crippen LogP contribution in [0.15, 0.2) is 0 Å². The van der Waals surface area contributed by atoms with Crippen LogP contribution in [0.5, 0.6) is 0 Å². The van der Waals surface area contributed by atoms with E-state index in [1.165, 1.54) is 83.5 Å². The van der Waals surface area contributed by atoms with Crippen LogP contribution in [0.1, 0.15) is 96.8 Å². The Labute approximate surface area is 200 Å². The van der Waals surface area contributed by atoms with Crippen molar-refractivity contribution in [2.75, 3.05) is 61.0 Å². The zero-order chi connectivity index (χ0) is 23.6. The fraction of sp³-hybridized carbons (Fsp3) is 1.00. The lowest BCUT2D eigenvalue weighted by molar-refractivity contribution is 0.0142. The maximum atomic E-state index is 6.14. The first-order chi connectivity index (χ1) is 15.7. The van der Waals surface area contributed by atoms with Crippen LogP contribution in [0.4, 0.5) is 0 Å². The predicted octanol–water partition coefficient (Wildman–Crippen LogP) is 6.40. The van der Waals surface area contributed by atoms with E-state index >= 15 is 0 Å². The Bertz CT molecular complexity index is 333. The van der Waals surface area contributed by atoms with Crippen molar-refractivity contribution in [3.8, 4) is 0 Å². The van der Waals surface area contributed by atoms with Gasteiger partial charge in [-0.25, -0.2) is 0 Å². The number of hydrogen-bond donors (Lipinski definition) is 0. The topological polar surface area (TPSA) is 55.4 Å². The minimum absolute atomic E-state index is 0.487. The van der Waals surface area contributed by atoms with Crippen LogP contribution in [0, 0.1) is 0 Å². The normalized spacial score (nSPS) is 12.0. The van der Waals surface area contributed by atoms with Crippen molar-refractivity contribution in [3.63, 3.8) is 0 Å². The third-order valence-electron chi connectivity index (χ3n) is 5.66. The summed E-state index contributed by atoms with van der Waals surface area (Å²) in [4.78, 5) is 0. The molecule has 0 aromatic carbocycles. The van der Waals surface area contributed by atoms with Crippen LogP contribution < -0.4 is 0 Å². The standard InChI is InChI=1S/C25H54O6Si/c1-5-6-7-8-9-10-11-12-13-14-15-16-17-18-25-32(29-22-19-26-2,30-23-20-27-3)31-24-21-28-4/h5-25H2,1-4H3. The van der Waals surface area contributed by atoms with Crippen molar-refractivity contribution in [2.45, 2.75) is 103 Å². The summed E-state index contributed by atoms with van der Waals surface area (Å²) in [5, 5.41) is 0. The highest BCUT2D eigenvalue weighted by atomic mass is 28.4. The van der Waals surface area contributed by atoms with Crippen LogP contribution in [0.25, 0.3) is 0 Å². The molecule has 32 heavy (non-hydrogen) atoms. The highest BCUT2D eigenvalue weighted by Crippen LogP contribution is 2.21. The second-order valence-electron chi connectivity index (χ2n) is 8.55. The van der Waals surface area contributed by atoms with E-state index in [-0.39, 0.29) is 0 Å². The summed E-state index contributed by atoms with van der Waals surface area (Å²) >= 11 is 0. The molecule has 0 heterocycles.